The summed E-state index contributed by atoms with van der Waals surface area (Å²) in [4.78, 5) is 0. The fourth-order valence-corrected chi connectivity index (χ4v) is 4.98. The van der Waals surface area contributed by atoms with Crippen LogP contribution in [0, 0.1) is 0 Å². The van der Waals surface area contributed by atoms with Crippen LogP contribution in [0.3, 0.4) is 0 Å². The molecular weight excluding hydrogens is 284 g/mol. The molecule has 0 heterocycles. The molecule has 2 aliphatic carbocycles. The van der Waals surface area contributed by atoms with E-state index in [1.54, 1.807) is 0 Å². The molecule has 0 radical (unpaired) electrons. The molecule has 2 aromatic rings. The molecule has 0 aliphatic heterocycles. The zero-order valence-electron chi connectivity index (χ0n) is 14.2. The molecule has 0 amide bonds. The largest absolute Gasteiger partial charge is 0.507 e. The van der Waals surface area contributed by atoms with Crippen molar-refractivity contribution in [3.05, 3.63) is 34.9 Å². The maximum Gasteiger partial charge on any atom is 0.127 e. The molecule has 4 rings (SSSR count). The number of aromatic hydroxyl groups is 2. The highest BCUT2D eigenvalue weighted by Gasteiger charge is 2.49. The van der Waals surface area contributed by atoms with Crippen molar-refractivity contribution >= 4 is 10.8 Å². The van der Waals surface area contributed by atoms with Crippen LogP contribution in [0.2, 0.25) is 0 Å². The van der Waals surface area contributed by atoms with Crippen LogP contribution in [0.1, 0.15) is 75.0 Å². The molecular formula is C21H26O2. The van der Waals surface area contributed by atoms with Gasteiger partial charge in [-0.25, -0.2) is 0 Å². The second-order valence-corrected chi connectivity index (χ2v) is 7.82. The average molecular weight is 310 g/mol. The first-order chi connectivity index (χ1) is 11.0. The highest BCUT2D eigenvalue weighted by Crippen LogP contribution is 2.63. The summed E-state index contributed by atoms with van der Waals surface area (Å²) >= 11 is 0. The molecule has 2 aromatic carbocycles. The molecule has 2 nitrogen and oxygen atoms in total. The number of rotatable bonds is 4. The number of hydrogen-bond acceptors (Lipinski definition) is 2. The quantitative estimate of drug-likeness (QED) is 0.576. The van der Waals surface area contributed by atoms with Crippen LogP contribution < -0.4 is 0 Å². The number of fused-ring (bicyclic) bond motifs is 6. The third-order valence-electron chi connectivity index (χ3n) is 6.18. The van der Waals surface area contributed by atoms with E-state index in [1.807, 2.05) is 6.07 Å². The SMILES string of the molecule is CCCCCc1ccc2c(O)c3c(c(O)c2c1)C1CCC3(C)C1. The maximum absolute atomic E-state index is 10.9. The topological polar surface area (TPSA) is 40.5 Å². The van der Waals surface area contributed by atoms with Crippen molar-refractivity contribution in [3.8, 4) is 11.5 Å². The minimum absolute atomic E-state index is 0.0511. The fraction of sp³-hybridized carbons (Fsp3) is 0.524. The van der Waals surface area contributed by atoms with Crippen molar-refractivity contribution in [1.82, 2.24) is 0 Å². The number of unbranched alkanes of at least 4 members (excludes halogenated alkanes) is 2. The van der Waals surface area contributed by atoms with Crippen molar-refractivity contribution in [2.24, 2.45) is 0 Å². The first-order valence-corrected chi connectivity index (χ1v) is 9.06. The lowest BCUT2D eigenvalue weighted by Gasteiger charge is -2.27. The van der Waals surface area contributed by atoms with Gasteiger partial charge in [0.2, 0.25) is 0 Å². The van der Waals surface area contributed by atoms with E-state index < -0.39 is 0 Å². The van der Waals surface area contributed by atoms with Crippen LogP contribution >= 0.6 is 0 Å². The summed E-state index contributed by atoms with van der Waals surface area (Å²) in [5.41, 5.74) is 3.37. The maximum atomic E-state index is 10.9. The third-order valence-corrected chi connectivity index (χ3v) is 6.18. The van der Waals surface area contributed by atoms with E-state index in [0.29, 0.717) is 17.4 Å². The van der Waals surface area contributed by atoms with Crippen molar-refractivity contribution in [1.29, 1.82) is 0 Å². The monoisotopic (exact) mass is 310 g/mol. The van der Waals surface area contributed by atoms with Gasteiger partial charge in [0, 0.05) is 21.9 Å². The zero-order valence-corrected chi connectivity index (χ0v) is 14.2. The van der Waals surface area contributed by atoms with Gasteiger partial charge in [0.1, 0.15) is 11.5 Å². The van der Waals surface area contributed by atoms with Gasteiger partial charge in [0.05, 0.1) is 0 Å². The average Bonchev–Trinajstić information content (AvgIpc) is 3.06. The Morgan fingerprint density at radius 1 is 1.13 bits per heavy atom. The number of phenols is 2. The second kappa shape index (κ2) is 5.15. The van der Waals surface area contributed by atoms with Crippen molar-refractivity contribution in [2.45, 2.75) is 70.1 Å². The van der Waals surface area contributed by atoms with Gasteiger partial charge >= 0.3 is 0 Å². The Bertz CT molecular complexity index is 777. The molecule has 1 saturated carbocycles. The number of aryl methyl sites for hydroxylation is 1. The van der Waals surface area contributed by atoms with Crippen LogP contribution in [0.15, 0.2) is 18.2 Å². The summed E-state index contributed by atoms with van der Waals surface area (Å²) in [5.74, 6) is 1.27. The van der Waals surface area contributed by atoms with E-state index in [2.05, 4.69) is 26.0 Å². The molecule has 2 atom stereocenters. The Labute approximate surface area is 138 Å². The number of phenolic OH excluding ortho intramolecular Hbond substituents is 2. The lowest BCUT2D eigenvalue weighted by atomic mass is 9.78. The van der Waals surface area contributed by atoms with E-state index in [9.17, 15) is 10.2 Å². The van der Waals surface area contributed by atoms with Gasteiger partial charge in [-0.3, -0.25) is 0 Å². The van der Waals surface area contributed by atoms with Crippen LogP contribution in [0.25, 0.3) is 10.8 Å². The molecule has 2 heteroatoms. The van der Waals surface area contributed by atoms with Crippen LogP contribution in [-0.2, 0) is 11.8 Å². The van der Waals surface area contributed by atoms with E-state index in [-0.39, 0.29) is 5.41 Å². The molecule has 0 spiro atoms. The lowest BCUT2D eigenvalue weighted by Crippen LogP contribution is -2.16. The highest BCUT2D eigenvalue weighted by atomic mass is 16.3. The predicted molar refractivity (Wildman–Crippen MR) is 94.5 cm³/mol. The van der Waals surface area contributed by atoms with Gasteiger partial charge < -0.3 is 10.2 Å². The summed E-state index contributed by atoms with van der Waals surface area (Å²) in [7, 11) is 0. The normalized spacial score (nSPS) is 25.2. The standard InChI is InChI=1S/C21H26O2/c1-3-4-5-6-13-7-8-15-16(11-13)19(22)17-14-9-10-21(2,12-14)18(17)20(15)23/h7-8,11,14,22-23H,3-6,9-10,12H2,1-2H3. The van der Waals surface area contributed by atoms with Gasteiger partial charge in [-0.15, -0.1) is 0 Å². The molecule has 0 aromatic heterocycles. The van der Waals surface area contributed by atoms with E-state index in [4.69, 9.17) is 0 Å². The van der Waals surface area contributed by atoms with Gasteiger partial charge in [-0.1, -0.05) is 38.8 Å². The van der Waals surface area contributed by atoms with E-state index in [0.717, 1.165) is 47.6 Å². The minimum Gasteiger partial charge on any atom is -0.507 e. The van der Waals surface area contributed by atoms with Gasteiger partial charge in [0.15, 0.2) is 0 Å². The van der Waals surface area contributed by atoms with Crippen molar-refractivity contribution in [2.75, 3.05) is 0 Å². The van der Waals surface area contributed by atoms with Crippen molar-refractivity contribution < 1.29 is 10.2 Å². The smallest absolute Gasteiger partial charge is 0.127 e. The Kier molecular flexibility index (Phi) is 3.33. The molecule has 2 bridgehead atoms. The van der Waals surface area contributed by atoms with Crippen LogP contribution in [-0.4, -0.2) is 10.2 Å². The first-order valence-electron chi connectivity index (χ1n) is 9.06. The lowest BCUT2D eigenvalue weighted by molar-refractivity contribution is 0.427. The fourth-order valence-electron chi connectivity index (χ4n) is 4.98. The Morgan fingerprint density at radius 3 is 2.74 bits per heavy atom. The zero-order chi connectivity index (χ0) is 16.2. The van der Waals surface area contributed by atoms with Crippen LogP contribution in [0.4, 0.5) is 0 Å². The highest BCUT2D eigenvalue weighted by molar-refractivity contribution is 5.97. The van der Waals surface area contributed by atoms with Gasteiger partial charge in [-0.05, 0) is 55.1 Å². The molecule has 23 heavy (non-hydrogen) atoms. The molecule has 2 N–H and O–H groups in total. The summed E-state index contributed by atoms with van der Waals surface area (Å²) in [6, 6.07) is 6.20. The number of benzene rings is 2. The van der Waals surface area contributed by atoms with E-state index >= 15 is 0 Å². The molecule has 1 fully saturated rings. The van der Waals surface area contributed by atoms with Gasteiger partial charge in [0.25, 0.3) is 0 Å². The molecule has 2 unspecified atom stereocenters. The number of hydrogen-bond donors (Lipinski definition) is 2. The van der Waals surface area contributed by atoms with Crippen LogP contribution in [0.5, 0.6) is 11.5 Å². The van der Waals surface area contributed by atoms with Gasteiger partial charge in [-0.2, -0.15) is 0 Å². The van der Waals surface area contributed by atoms with E-state index in [1.165, 1.54) is 24.8 Å². The summed E-state index contributed by atoms with van der Waals surface area (Å²) in [6.45, 7) is 4.45. The summed E-state index contributed by atoms with van der Waals surface area (Å²) in [6.07, 6.45) is 8.01. The molecule has 2 aliphatic rings. The first kappa shape index (κ1) is 14.9. The molecule has 0 saturated heterocycles. The Morgan fingerprint density at radius 2 is 1.96 bits per heavy atom. The van der Waals surface area contributed by atoms with Crippen molar-refractivity contribution in [3.63, 3.8) is 0 Å². The second-order valence-electron chi connectivity index (χ2n) is 7.82. The predicted octanol–water partition coefficient (Wildman–Crippen LogP) is 5.52. The summed E-state index contributed by atoms with van der Waals surface area (Å²) in [5, 5.41) is 23.4. The summed E-state index contributed by atoms with van der Waals surface area (Å²) < 4.78 is 0. The molecule has 122 valence electrons. The Balaban J connectivity index is 1.86. The third kappa shape index (κ3) is 2.07. The minimum atomic E-state index is 0.0511. The Hall–Kier alpha value is -1.70.